The third kappa shape index (κ3) is 6.50. The number of hydrogen-bond acceptors (Lipinski definition) is 3. The van der Waals surface area contributed by atoms with Crippen LogP contribution < -0.4 is 10.6 Å². The van der Waals surface area contributed by atoms with Gasteiger partial charge in [0.05, 0.1) is 0 Å². The highest BCUT2D eigenvalue weighted by Crippen LogP contribution is 2.39. The molecule has 1 atom stereocenters. The van der Waals surface area contributed by atoms with Crippen molar-refractivity contribution in [2.75, 3.05) is 6.54 Å². The van der Waals surface area contributed by atoms with Crippen molar-refractivity contribution < 1.29 is 0 Å². The van der Waals surface area contributed by atoms with Crippen LogP contribution >= 0.6 is 11.8 Å². The molecule has 0 aliphatic carbocycles. The summed E-state index contributed by atoms with van der Waals surface area (Å²) < 4.78 is 0. The molecule has 1 aliphatic rings. The molecular weight excluding hydrogens is 324 g/mol. The van der Waals surface area contributed by atoms with Gasteiger partial charge in [0.15, 0.2) is 0 Å². The molecule has 2 nitrogen and oxygen atoms in total. The molecule has 1 aromatic rings. The van der Waals surface area contributed by atoms with Gasteiger partial charge >= 0.3 is 0 Å². The SMILES string of the molecule is C=CC(C/C=C/NC/C=C/N/C=C1/Cc2ccccc2S1)C(C)(C)C. The van der Waals surface area contributed by atoms with Gasteiger partial charge in [-0.2, -0.15) is 0 Å². The van der Waals surface area contributed by atoms with Crippen molar-refractivity contribution in [3.63, 3.8) is 0 Å². The topological polar surface area (TPSA) is 24.1 Å². The monoisotopic (exact) mass is 354 g/mol. The van der Waals surface area contributed by atoms with Crippen molar-refractivity contribution in [2.24, 2.45) is 11.3 Å². The van der Waals surface area contributed by atoms with E-state index in [9.17, 15) is 0 Å². The van der Waals surface area contributed by atoms with Crippen LogP contribution in [0.15, 0.2) is 77.5 Å². The van der Waals surface area contributed by atoms with E-state index < -0.39 is 0 Å². The van der Waals surface area contributed by atoms with E-state index in [-0.39, 0.29) is 5.41 Å². The van der Waals surface area contributed by atoms with Crippen molar-refractivity contribution in [1.82, 2.24) is 10.6 Å². The summed E-state index contributed by atoms with van der Waals surface area (Å²) in [6, 6.07) is 8.59. The lowest BCUT2D eigenvalue weighted by molar-refractivity contribution is 0.295. The highest BCUT2D eigenvalue weighted by molar-refractivity contribution is 8.03. The van der Waals surface area contributed by atoms with Crippen LogP contribution in [0.4, 0.5) is 0 Å². The quantitative estimate of drug-likeness (QED) is 0.468. The molecule has 3 heteroatoms. The van der Waals surface area contributed by atoms with Crippen molar-refractivity contribution in [3.8, 4) is 0 Å². The first kappa shape index (κ1) is 19.5. The minimum absolute atomic E-state index is 0.265. The minimum Gasteiger partial charge on any atom is -0.388 e. The summed E-state index contributed by atoms with van der Waals surface area (Å²) in [7, 11) is 0. The lowest BCUT2D eigenvalue weighted by Crippen LogP contribution is -2.17. The Hall–Kier alpha value is -1.87. The van der Waals surface area contributed by atoms with E-state index in [0.29, 0.717) is 5.92 Å². The zero-order chi connectivity index (χ0) is 18.1. The average molecular weight is 355 g/mol. The van der Waals surface area contributed by atoms with Crippen LogP contribution in [0.25, 0.3) is 0 Å². The summed E-state index contributed by atoms with van der Waals surface area (Å²) in [5, 5.41) is 6.55. The number of allylic oxidation sites excluding steroid dienone is 3. The molecule has 2 N–H and O–H groups in total. The van der Waals surface area contributed by atoms with E-state index in [4.69, 9.17) is 0 Å². The van der Waals surface area contributed by atoms with E-state index in [1.165, 1.54) is 15.4 Å². The normalized spacial score (nSPS) is 17.2. The number of thioether (sulfide) groups is 1. The summed E-state index contributed by atoms with van der Waals surface area (Å²) in [6.07, 6.45) is 14.5. The van der Waals surface area contributed by atoms with Crippen LogP contribution in [0, 0.1) is 11.3 Å². The van der Waals surface area contributed by atoms with Crippen LogP contribution in [0.2, 0.25) is 0 Å². The maximum atomic E-state index is 3.94. The first-order chi connectivity index (χ1) is 12.0. The molecule has 1 unspecified atom stereocenters. The maximum Gasteiger partial charge on any atom is 0.0342 e. The highest BCUT2D eigenvalue weighted by Gasteiger charge is 2.19. The molecular formula is C22H30N2S. The fourth-order valence-corrected chi connectivity index (χ4v) is 3.76. The Labute approximate surface area is 157 Å². The van der Waals surface area contributed by atoms with E-state index >= 15 is 0 Å². The van der Waals surface area contributed by atoms with Crippen molar-refractivity contribution in [2.45, 2.75) is 38.5 Å². The number of rotatable bonds is 8. The van der Waals surface area contributed by atoms with Gasteiger partial charge in [0.1, 0.15) is 0 Å². The van der Waals surface area contributed by atoms with Crippen molar-refractivity contribution in [3.05, 3.63) is 78.1 Å². The van der Waals surface area contributed by atoms with E-state index in [1.807, 2.05) is 24.2 Å². The predicted octanol–water partition coefficient (Wildman–Crippen LogP) is 5.62. The third-order valence-electron chi connectivity index (χ3n) is 4.30. The van der Waals surface area contributed by atoms with E-state index in [1.54, 1.807) is 0 Å². The summed E-state index contributed by atoms with van der Waals surface area (Å²) in [6.45, 7) is 11.5. The fraction of sp³-hybridized carbons (Fsp3) is 0.364. The summed E-state index contributed by atoms with van der Waals surface area (Å²) >= 11 is 1.85. The Morgan fingerprint density at radius 2 is 2.00 bits per heavy atom. The molecule has 0 amide bonds. The lowest BCUT2D eigenvalue weighted by atomic mass is 9.79. The fourth-order valence-electron chi connectivity index (χ4n) is 2.70. The van der Waals surface area contributed by atoms with Crippen molar-refractivity contribution >= 4 is 11.8 Å². The van der Waals surface area contributed by atoms with Gasteiger partial charge in [0, 0.05) is 29.0 Å². The van der Waals surface area contributed by atoms with Gasteiger partial charge in [-0.15, -0.1) is 6.58 Å². The second-order valence-electron chi connectivity index (χ2n) is 7.32. The lowest BCUT2D eigenvalue weighted by Gasteiger charge is -2.26. The summed E-state index contributed by atoms with van der Waals surface area (Å²) in [5.41, 5.74) is 1.69. The molecule has 0 aromatic heterocycles. The molecule has 0 spiro atoms. The minimum atomic E-state index is 0.265. The number of benzene rings is 1. The van der Waals surface area contributed by atoms with Gasteiger partial charge in [-0.05, 0) is 47.9 Å². The Bertz CT molecular complexity index is 623. The molecule has 1 aromatic carbocycles. The van der Waals surface area contributed by atoms with E-state index in [0.717, 1.165) is 19.4 Å². The van der Waals surface area contributed by atoms with Gasteiger partial charge in [0.2, 0.25) is 0 Å². The Morgan fingerprint density at radius 1 is 1.20 bits per heavy atom. The Kier molecular flexibility index (Phi) is 7.45. The molecule has 1 aliphatic heterocycles. The van der Waals surface area contributed by atoms with Crippen LogP contribution in [0.5, 0.6) is 0 Å². The second kappa shape index (κ2) is 9.57. The first-order valence-corrected chi connectivity index (χ1v) is 9.69. The number of hydrogen-bond donors (Lipinski definition) is 2. The predicted molar refractivity (Wildman–Crippen MR) is 111 cm³/mol. The van der Waals surface area contributed by atoms with Crippen LogP contribution in [0.3, 0.4) is 0 Å². The maximum absolute atomic E-state index is 3.94. The molecule has 0 saturated heterocycles. The van der Waals surface area contributed by atoms with Gasteiger partial charge in [-0.3, -0.25) is 0 Å². The number of fused-ring (bicyclic) bond motifs is 1. The Balaban J connectivity index is 1.62. The summed E-state index contributed by atoms with van der Waals surface area (Å²) in [4.78, 5) is 2.73. The Morgan fingerprint density at radius 3 is 2.72 bits per heavy atom. The van der Waals surface area contributed by atoms with Crippen LogP contribution in [-0.4, -0.2) is 6.54 Å². The molecule has 2 rings (SSSR count). The molecule has 0 saturated carbocycles. The van der Waals surface area contributed by atoms with Crippen LogP contribution in [0.1, 0.15) is 32.8 Å². The van der Waals surface area contributed by atoms with Gasteiger partial charge in [-0.25, -0.2) is 0 Å². The standard InChI is InChI=1S/C22H30N2S/c1-5-19(22(2,3)4)11-8-13-23-14-9-15-24-17-20-16-18-10-6-7-12-21(18)25-20/h5-10,12-13,15,17,19,23-24H,1,11,14,16H2,2-4H3/b13-8+,15-9+,20-17-. The molecule has 0 radical (unpaired) electrons. The molecule has 25 heavy (non-hydrogen) atoms. The zero-order valence-electron chi connectivity index (χ0n) is 15.6. The molecule has 134 valence electrons. The van der Waals surface area contributed by atoms with Gasteiger partial charge < -0.3 is 10.6 Å². The largest absolute Gasteiger partial charge is 0.388 e. The number of nitrogens with one attached hydrogen (secondary N) is 2. The van der Waals surface area contributed by atoms with Gasteiger partial charge in [0.25, 0.3) is 0 Å². The summed E-state index contributed by atoms with van der Waals surface area (Å²) in [5.74, 6) is 0.502. The second-order valence-corrected chi connectivity index (χ2v) is 8.49. The smallest absolute Gasteiger partial charge is 0.0342 e. The van der Waals surface area contributed by atoms with Gasteiger partial charge in [-0.1, -0.05) is 62.9 Å². The molecule has 0 fully saturated rings. The third-order valence-corrected chi connectivity index (χ3v) is 5.44. The average Bonchev–Trinajstić information content (AvgIpc) is 2.98. The van der Waals surface area contributed by atoms with E-state index in [2.05, 4.69) is 86.7 Å². The molecule has 0 bridgehead atoms. The highest BCUT2D eigenvalue weighted by atomic mass is 32.2. The zero-order valence-corrected chi connectivity index (χ0v) is 16.4. The van der Waals surface area contributed by atoms with Crippen LogP contribution in [-0.2, 0) is 6.42 Å². The first-order valence-electron chi connectivity index (χ1n) is 8.87. The molecule has 1 heterocycles. The van der Waals surface area contributed by atoms with Crippen molar-refractivity contribution in [1.29, 1.82) is 0 Å².